The van der Waals surface area contributed by atoms with Crippen molar-refractivity contribution in [1.82, 2.24) is 0 Å². The van der Waals surface area contributed by atoms with Crippen molar-refractivity contribution in [2.24, 2.45) is 5.73 Å². The van der Waals surface area contributed by atoms with Crippen molar-refractivity contribution in [1.29, 1.82) is 5.26 Å². The molecule has 0 saturated carbocycles. The van der Waals surface area contributed by atoms with Gasteiger partial charge in [0.2, 0.25) is 5.88 Å². The second-order valence-electron chi connectivity index (χ2n) is 7.89. The van der Waals surface area contributed by atoms with E-state index in [9.17, 15) is 20.2 Å². The van der Waals surface area contributed by atoms with Gasteiger partial charge in [-0.3, -0.25) is 10.1 Å². The fourth-order valence-corrected chi connectivity index (χ4v) is 4.23. The predicted octanol–water partition coefficient (Wildman–Crippen LogP) is 5.19. The molecule has 0 bridgehead atoms. The highest BCUT2D eigenvalue weighted by Crippen LogP contribution is 2.45. The number of nitro benzene ring substituents is 1. The first-order valence-electron chi connectivity index (χ1n) is 10.6. The SMILES string of the molecule is N#CC1=C(N)Oc2cc(OC(=O)c3cccc([N+](=O)[O-])c3)ccc2C1c1cccc2ccccc12. The second-order valence-corrected chi connectivity index (χ2v) is 7.89. The molecule has 5 rings (SSSR count). The van der Waals surface area contributed by atoms with Gasteiger partial charge in [-0.25, -0.2) is 4.79 Å². The zero-order valence-corrected chi connectivity index (χ0v) is 18.2. The Morgan fingerprint density at radius 2 is 1.77 bits per heavy atom. The number of nitriles is 1. The minimum absolute atomic E-state index is 0.0277. The van der Waals surface area contributed by atoms with Crippen LogP contribution in [-0.2, 0) is 0 Å². The number of fused-ring (bicyclic) bond motifs is 2. The normalized spacial score (nSPS) is 14.5. The first kappa shape index (κ1) is 21.7. The molecule has 170 valence electrons. The number of hydrogen-bond donors (Lipinski definition) is 1. The molecule has 35 heavy (non-hydrogen) atoms. The number of rotatable bonds is 4. The summed E-state index contributed by atoms with van der Waals surface area (Å²) < 4.78 is 11.2. The third-order valence-electron chi connectivity index (χ3n) is 5.83. The maximum absolute atomic E-state index is 12.6. The molecule has 0 aromatic heterocycles. The number of non-ortho nitro benzene ring substituents is 1. The highest BCUT2D eigenvalue weighted by atomic mass is 16.6. The smallest absolute Gasteiger partial charge is 0.343 e. The largest absolute Gasteiger partial charge is 0.440 e. The highest BCUT2D eigenvalue weighted by molar-refractivity contribution is 5.92. The van der Waals surface area contributed by atoms with Crippen LogP contribution in [0.15, 0.2) is 96.4 Å². The van der Waals surface area contributed by atoms with Crippen LogP contribution < -0.4 is 15.2 Å². The lowest BCUT2D eigenvalue weighted by Gasteiger charge is -2.27. The molecular formula is C27H17N3O5. The molecule has 8 nitrogen and oxygen atoms in total. The first-order valence-corrected chi connectivity index (χ1v) is 10.6. The van der Waals surface area contributed by atoms with Crippen molar-refractivity contribution in [2.45, 2.75) is 5.92 Å². The van der Waals surface area contributed by atoms with Gasteiger partial charge >= 0.3 is 5.97 Å². The Hall–Kier alpha value is -5.16. The molecule has 4 aromatic rings. The summed E-state index contributed by atoms with van der Waals surface area (Å²) in [6.07, 6.45) is 0. The van der Waals surface area contributed by atoms with E-state index in [1.54, 1.807) is 12.1 Å². The molecule has 1 unspecified atom stereocenters. The molecular weight excluding hydrogens is 446 g/mol. The number of hydrogen-bond acceptors (Lipinski definition) is 7. The third kappa shape index (κ3) is 3.92. The van der Waals surface area contributed by atoms with Crippen LogP contribution in [0.5, 0.6) is 11.5 Å². The van der Waals surface area contributed by atoms with E-state index in [-0.39, 0.29) is 28.5 Å². The molecule has 8 heteroatoms. The van der Waals surface area contributed by atoms with Gasteiger partial charge in [0.15, 0.2) is 0 Å². The monoisotopic (exact) mass is 463 g/mol. The molecule has 0 aliphatic carbocycles. The van der Waals surface area contributed by atoms with Crippen molar-refractivity contribution in [3.05, 3.63) is 123 Å². The number of carbonyl (C=O) groups is 1. The van der Waals surface area contributed by atoms with Crippen LogP contribution >= 0.6 is 0 Å². The molecule has 1 heterocycles. The Kier molecular flexibility index (Phi) is 5.36. The van der Waals surface area contributed by atoms with Crippen molar-refractivity contribution >= 4 is 22.4 Å². The summed E-state index contributed by atoms with van der Waals surface area (Å²) in [5.74, 6) is -0.735. The molecule has 4 aromatic carbocycles. The van der Waals surface area contributed by atoms with E-state index in [0.29, 0.717) is 11.3 Å². The van der Waals surface area contributed by atoms with E-state index in [2.05, 4.69) is 6.07 Å². The number of allylic oxidation sites excluding steroid dienone is 1. The van der Waals surface area contributed by atoms with Crippen LogP contribution in [0.1, 0.15) is 27.4 Å². The van der Waals surface area contributed by atoms with Gasteiger partial charge in [0.1, 0.15) is 23.1 Å². The Bertz CT molecular complexity index is 1580. The molecule has 0 fully saturated rings. The lowest BCUT2D eigenvalue weighted by atomic mass is 9.81. The first-order chi connectivity index (χ1) is 17.0. The number of esters is 1. The fraction of sp³-hybridized carbons (Fsp3) is 0.0370. The summed E-state index contributed by atoms with van der Waals surface area (Å²) in [6, 6.07) is 26.0. The Balaban J connectivity index is 1.54. The van der Waals surface area contributed by atoms with Gasteiger partial charge in [-0.2, -0.15) is 5.26 Å². The average molecular weight is 463 g/mol. The zero-order valence-electron chi connectivity index (χ0n) is 18.2. The molecule has 1 aliphatic rings. The number of nitrogens with zero attached hydrogens (tertiary/aromatic N) is 2. The lowest BCUT2D eigenvalue weighted by Crippen LogP contribution is -2.21. The topological polar surface area (TPSA) is 128 Å². The number of benzene rings is 4. The number of ether oxygens (including phenoxy) is 2. The van der Waals surface area contributed by atoms with Gasteiger partial charge in [0.05, 0.1) is 16.4 Å². The van der Waals surface area contributed by atoms with Crippen molar-refractivity contribution in [3.63, 3.8) is 0 Å². The predicted molar refractivity (Wildman–Crippen MR) is 128 cm³/mol. The molecule has 2 N–H and O–H groups in total. The number of carbonyl (C=O) groups excluding carboxylic acids is 1. The Morgan fingerprint density at radius 3 is 2.57 bits per heavy atom. The number of nitro groups is 1. The summed E-state index contributed by atoms with van der Waals surface area (Å²) in [6.45, 7) is 0. The molecule has 0 radical (unpaired) electrons. The maximum Gasteiger partial charge on any atom is 0.343 e. The maximum atomic E-state index is 12.6. The molecule has 1 atom stereocenters. The average Bonchev–Trinajstić information content (AvgIpc) is 2.87. The minimum Gasteiger partial charge on any atom is -0.440 e. The minimum atomic E-state index is -0.753. The van der Waals surface area contributed by atoms with Crippen LogP contribution in [0.3, 0.4) is 0 Å². The van der Waals surface area contributed by atoms with Crippen LogP contribution in [0.25, 0.3) is 10.8 Å². The van der Waals surface area contributed by atoms with Crippen molar-refractivity contribution < 1.29 is 19.2 Å². The third-order valence-corrected chi connectivity index (χ3v) is 5.83. The summed E-state index contributed by atoms with van der Waals surface area (Å²) >= 11 is 0. The fourth-order valence-electron chi connectivity index (χ4n) is 4.23. The van der Waals surface area contributed by atoms with Gasteiger partial charge in [0.25, 0.3) is 5.69 Å². The molecule has 1 aliphatic heterocycles. The molecule has 0 saturated heterocycles. The van der Waals surface area contributed by atoms with Crippen LogP contribution in [-0.4, -0.2) is 10.9 Å². The quantitative estimate of drug-likeness (QED) is 0.191. The van der Waals surface area contributed by atoms with Gasteiger partial charge in [-0.1, -0.05) is 54.6 Å². The zero-order chi connectivity index (χ0) is 24.5. The van der Waals surface area contributed by atoms with E-state index in [1.807, 2.05) is 42.5 Å². The lowest BCUT2D eigenvalue weighted by molar-refractivity contribution is -0.384. The van der Waals surface area contributed by atoms with Crippen LogP contribution in [0.4, 0.5) is 5.69 Å². The molecule has 0 spiro atoms. The van der Waals surface area contributed by atoms with E-state index in [4.69, 9.17) is 15.2 Å². The summed E-state index contributed by atoms with van der Waals surface area (Å²) in [4.78, 5) is 23.0. The van der Waals surface area contributed by atoms with Gasteiger partial charge in [-0.05, 0) is 28.5 Å². The highest BCUT2D eigenvalue weighted by Gasteiger charge is 2.32. The number of nitrogens with two attached hydrogens (primary N) is 1. The van der Waals surface area contributed by atoms with Gasteiger partial charge < -0.3 is 15.2 Å². The summed E-state index contributed by atoms with van der Waals surface area (Å²) in [7, 11) is 0. The van der Waals surface area contributed by atoms with E-state index >= 15 is 0 Å². The van der Waals surface area contributed by atoms with E-state index < -0.39 is 16.8 Å². The van der Waals surface area contributed by atoms with Crippen molar-refractivity contribution in [2.75, 3.05) is 0 Å². The molecule has 0 amide bonds. The van der Waals surface area contributed by atoms with Crippen LogP contribution in [0, 0.1) is 21.4 Å². The second kappa shape index (κ2) is 8.65. The summed E-state index contributed by atoms with van der Waals surface area (Å²) in [5, 5.41) is 22.9. The van der Waals surface area contributed by atoms with Crippen LogP contribution in [0.2, 0.25) is 0 Å². The van der Waals surface area contributed by atoms with Gasteiger partial charge in [-0.15, -0.1) is 0 Å². The Labute approximate surface area is 199 Å². The Morgan fingerprint density at radius 1 is 1.00 bits per heavy atom. The standard InChI is InChI=1S/C27H17N3O5/c28-15-23-25(21-10-4-6-16-5-1-2-9-20(16)21)22-12-11-19(14-24(22)35-26(23)29)34-27(31)17-7-3-8-18(13-17)30(32)33/h1-14,25H,29H2. The van der Waals surface area contributed by atoms with Crippen molar-refractivity contribution in [3.8, 4) is 17.6 Å². The van der Waals surface area contributed by atoms with E-state index in [1.165, 1.54) is 24.3 Å². The van der Waals surface area contributed by atoms with Gasteiger partial charge in [0, 0.05) is 23.8 Å². The summed E-state index contributed by atoms with van der Waals surface area (Å²) in [5.41, 5.74) is 7.83. The van der Waals surface area contributed by atoms with E-state index in [0.717, 1.165) is 22.4 Å².